The molecular formula is C24H31N3O3. The van der Waals surface area contributed by atoms with Crippen LogP contribution < -0.4 is 20.7 Å². The molecule has 0 saturated heterocycles. The minimum absolute atomic E-state index is 0.0162. The van der Waals surface area contributed by atoms with Crippen LogP contribution in [0.15, 0.2) is 48.5 Å². The molecule has 0 aliphatic carbocycles. The van der Waals surface area contributed by atoms with Gasteiger partial charge in [-0.1, -0.05) is 62.7 Å². The van der Waals surface area contributed by atoms with Gasteiger partial charge >= 0.3 is 0 Å². The number of fused-ring (bicyclic) bond motifs is 1. The Morgan fingerprint density at radius 1 is 1.13 bits per heavy atom. The van der Waals surface area contributed by atoms with Crippen molar-refractivity contribution in [2.75, 3.05) is 7.11 Å². The average Bonchev–Trinajstić information content (AvgIpc) is 2.80. The fourth-order valence-corrected chi connectivity index (χ4v) is 3.74. The maximum Gasteiger partial charge on any atom is 0.243 e. The molecule has 1 aliphatic heterocycles. The third kappa shape index (κ3) is 5.19. The number of para-hydroxylation sites is 1. The number of rotatable bonds is 8. The molecule has 0 spiro atoms. The van der Waals surface area contributed by atoms with Crippen LogP contribution in [0.25, 0.3) is 0 Å². The number of benzene rings is 2. The lowest BCUT2D eigenvalue weighted by atomic mass is 9.94. The van der Waals surface area contributed by atoms with Gasteiger partial charge in [0.25, 0.3) is 0 Å². The van der Waals surface area contributed by atoms with Crippen LogP contribution in [0, 0.1) is 5.92 Å². The Balaban J connectivity index is 1.64. The highest BCUT2D eigenvalue weighted by molar-refractivity contribution is 5.90. The molecule has 0 unspecified atom stereocenters. The zero-order valence-corrected chi connectivity index (χ0v) is 17.9. The Labute approximate surface area is 178 Å². The Kier molecular flexibility index (Phi) is 7.46. The van der Waals surface area contributed by atoms with Crippen LogP contribution in [-0.2, 0) is 29.1 Å². The van der Waals surface area contributed by atoms with E-state index in [1.54, 1.807) is 7.11 Å². The number of hydrogen-bond donors (Lipinski definition) is 3. The van der Waals surface area contributed by atoms with Gasteiger partial charge < -0.3 is 20.7 Å². The van der Waals surface area contributed by atoms with E-state index in [4.69, 9.17) is 4.74 Å². The third-order valence-corrected chi connectivity index (χ3v) is 5.84. The number of hydrogen-bond acceptors (Lipinski definition) is 4. The molecule has 3 N–H and O–H groups in total. The average molecular weight is 410 g/mol. The SMILES string of the molecule is CC[C@H](C)[C@@H](NC(=O)[C@H]1Cc2ccccc2CN1)C(=O)NCc1ccccc1OC. The minimum Gasteiger partial charge on any atom is -0.496 e. The molecule has 1 aliphatic rings. The van der Waals surface area contributed by atoms with Crippen molar-refractivity contribution < 1.29 is 14.3 Å². The minimum atomic E-state index is -0.587. The molecule has 0 saturated carbocycles. The van der Waals surface area contributed by atoms with Crippen molar-refractivity contribution in [1.29, 1.82) is 0 Å². The van der Waals surface area contributed by atoms with E-state index in [0.29, 0.717) is 19.5 Å². The Bertz CT molecular complexity index is 884. The van der Waals surface area contributed by atoms with Crippen LogP contribution in [0.2, 0.25) is 0 Å². The van der Waals surface area contributed by atoms with Crippen molar-refractivity contribution in [2.45, 2.75) is 51.9 Å². The highest BCUT2D eigenvalue weighted by Gasteiger charge is 2.30. The predicted molar refractivity (Wildman–Crippen MR) is 117 cm³/mol. The van der Waals surface area contributed by atoms with Gasteiger partial charge in [-0.3, -0.25) is 9.59 Å². The number of carbonyl (C=O) groups excluding carboxylic acids is 2. The topological polar surface area (TPSA) is 79.5 Å². The van der Waals surface area contributed by atoms with E-state index < -0.39 is 6.04 Å². The highest BCUT2D eigenvalue weighted by Crippen LogP contribution is 2.18. The van der Waals surface area contributed by atoms with Gasteiger partial charge in [0.2, 0.25) is 11.8 Å². The first-order chi connectivity index (χ1) is 14.5. The largest absolute Gasteiger partial charge is 0.496 e. The molecule has 0 fully saturated rings. The van der Waals surface area contributed by atoms with Crippen LogP contribution in [0.5, 0.6) is 5.75 Å². The quantitative estimate of drug-likeness (QED) is 0.626. The lowest BCUT2D eigenvalue weighted by Gasteiger charge is -2.29. The monoisotopic (exact) mass is 409 g/mol. The van der Waals surface area contributed by atoms with Crippen molar-refractivity contribution in [3.8, 4) is 5.75 Å². The first kappa shape index (κ1) is 21.8. The molecule has 1 heterocycles. The summed E-state index contributed by atoms with van der Waals surface area (Å²) in [6.07, 6.45) is 1.41. The summed E-state index contributed by atoms with van der Waals surface area (Å²) in [5.41, 5.74) is 3.29. The van der Waals surface area contributed by atoms with Crippen LogP contribution in [0.4, 0.5) is 0 Å². The smallest absolute Gasteiger partial charge is 0.243 e. The van der Waals surface area contributed by atoms with Crippen LogP contribution in [0.1, 0.15) is 37.0 Å². The molecule has 6 heteroatoms. The van der Waals surface area contributed by atoms with Crippen molar-refractivity contribution in [1.82, 2.24) is 16.0 Å². The molecule has 0 aromatic heterocycles. The van der Waals surface area contributed by atoms with E-state index >= 15 is 0 Å². The zero-order valence-electron chi connectivity index (χ0n) is 17.9. The summed E-state index contributed by atoms with van der Waals surface area (Å²) < 4.78 is 5.35. The lowest BCUT2D eigenvalue weighted by molar-refractivity contribution is -0.131. The van der Waals surface area contributed by atoms with Crippen molar-refractivity contribution in [3.05, 3.63) is 65.2 Å². The molecule has 6 nitrogen and oxygen atoms in total. The van der Waals surface area contributed by atoms with Gasteiger partial charge in [0.15, 0.2) is 0 Å². The first-order valence-corrected chi connectivity index (χ1v) is 10.5. The molecule has 3 atom stereocenters. The lowest BCUT2D eigenvalue weighted by Crippen LogP contribution is -2.56. The van der Waals surface area contributed by atoms with Crippen molar-refractivity contribution >= 4 is 11.8 Å². The highest BCUT2D eigenvalue weighted by atomic mass is 16.5. The Morgan fingerprint density at radius 2 is 1.83 bits per heavy atom. The molecule has 30 heavy (non-hydrogen) atoms. The summed E-state index contributed by atoms with van der Waals surface area (Å²) in [6.45, 7) is 5.01. The van der Waals surface area contributed by atoms with Crippen LogP contribution in [-0.4, -0.2) is 31.0 Å². The van der Waals surface area contributed by atoms with E-state index in [9.17, 15) is 9.59 Å². The van der Waals surface area contributed by atoms with Gasteiger partial charge in [-0.25, -0.2) is 0 Å². The fourth-order valence-electron chi connectivity index (χ4n) is 3.74. The maximum atomic E-state index is 12.9. The predicted octanol–water partition coefficient (Wildman–Crippen LogP) is 2.56. The van der Waals surface area contributed by atoms with Gasteiger partial charge in [0.05, 0.1) is 13.2 Å². The second kappa shape index (κ2) is 10.3. The second-order valence-electron chi connectivity index (χ2n) is 7.81. The summed E-state index contributed by atoms with van der Waals surface area (Å²) in [4.78, 5) is 25.9. The van der Waals surface area contributed by atoms with Crippen LogP contribution in [0.3, 0.4) is 0 Å². The fraction of sp³-hybridized carbons (Fsp3) is 0.417. The van der Waals surface area contributed by atoms with Gasteiger partial charge in [0.1, 0.15) is 11.8 Å². The molecular weight excluding hydrogens is 378 g/mol. The van der Waals surface area contributed by atoms with Gasteiger partial charge in [-0.2, -0.15) is 0 Å². The molecule has 3 rings (SSSR count). The molecule has 0 bridgehead atoms. The summed E-state index contributed by atoms with van der Waals surface area (Å²) in [6, 6.07) is 14.8. The first-order valence-electron chi connectivity index (χ1n) is 10.5. The van der Waals surface area contributed by atoms with E-state index in [2.05, 4.69) is 28.1 Å². The molecule has 2 aromatic carbocycles. The maximum absolute atomic E-state index is 12.9. The van der Waals surface area contributed by atoms with Gasteiger partial charge in [-0.05, 0) is 29.5 Å². The molecule has 0 radical (unpaired) electrons. The number of amides is 2. The van der Waals surface area contributed by atoms with Gasteiger partial charge in [-0.15, -0.1) is 0 Å². The van der Waals surface area contributed by atoms with Crippen molar-refractivity contribution in [2.24, 2.45) is 5.92 Å². The Hall–Kier alpha value is -2.86. The summed E-state index contributed by atoms with van der Waals surface area (Å²) in [5, 5.41) is 9.24. The number of methoxy groups -OCH3 is 1. The van der Waals surface area contributed by atoms with Crippen molar-refractivity contribution in [3.63, 3.8) is 0 Å². The summed E-state index contributed by atoms with van der Waals surface area (Å²) in [5.74, 6) is 0.427. The molecule has 2 amide bonds. The number of nitrogens with one attached hydrogen (secondary N) is 3. The number of carbonyl (C=O) groups is 2. The third-order valence-electron chi connectivity index (χ3n) is 5.84. The molecule has 2 aromatic rings. The van der Waals surface area contributed by atoms with E-state index in [1.165, 1.54) is 11.1 Å². The summed E-state index contributed by atoms with van der Waals surface area (Å²) >= 11 is 0. The van der Waals surface area contributed by atoms with E-state index in [-0.39, 0.29) is 23.8 Å². The van der Waals surface area contributed by atoms with Crippen LogP contribution >= 0.6 is 0 Å². The molecule has 160 valence electrons. The zero-order chi connectivity index (χ0) is 21.5. The standard InChI is InChI=1S/C24H31N3O3/c1-4-16(2)22(24(29)26-15-19-11-7-8-12-21(19)30-3)27-23(28)20-13-17-9-5-6-10-18(17)14-25-20/h5-12,16,20,22,25H,4,13-15H2,1-3H3,(H,26,29)(H,27,28)/t16-,20+,22+/m0/s1. The number of ether oxygens (including phenoxy) is 1. The summed E-state index contributed by atoms with van der Waals surface area (Å²) in [7, 11) is 1.61. The second-order valence-corrected chi connectivity index (χ2v) is 7.81. The van der Waals surface area contributed by atoms with E-state index in [1.807, 2.05) is 50.2 Å². The van der Waals surface area contributed by atoms with Gasteiger partial charge in [0, 0.05) is 18.7 Å². The van der Waals surface area contributed by atoms with E-state index in [0.717, 1.165) is 17.7 Å². The normalized spacial score (nSPS) is 17.4. The Morgan fingerprint density at radius 3 is 2.57 bits per heavy atom.